The van der Waals surface area contributed by atoms with E-state index in [0.717, 1.165) is 5.39 Å². The first-order valence-electron chi connectivity index (χ1n) is 5.59. The Morgan fingerprint density at radius 1 is 1.20 bits per heavy atom. The maximum absolute atomic E-state index is 5.91. The van der Waals surface area contributed by atoms with Crippen molar-refractivity contribution in [2.24, 2.45) is 0 Å². The molecule has 0 aliphatic heterocycles. The van der Waals surface area contributed by atoms with Crippen LogP contribution < -0.4 is 5.73 Å². The van der Waals surface area contributed by atoms with E-state index in [4.69, 9.17) is 5.73 Å². The minimum absolute atomic E-state index is 0.562. The lowest BCUT2D eigenvalue weighted by Gasteiger charge is -2.10. The van der Waals surface area contributed by atoms with Crippen molar-refractivity contribution in [3.8, 4) is 0 Å². The predicted molar refractivity (Wildman–Crippen MR) is 61.7 cm³/mol. The number of para-hydroxylation sites is 1. The van der Waals surface area contributed by atoms with Gasteiger partial charge in [0.15, 0.2) is 5.82 Å². The monoisotopic (exact) mass is 201 g/mol. The summed E-state index contributed by atoms with van der Waals surface area (Å²) in [6.45, 7) is 0. The van der Waals surface area contributed by atoms with Crippen molar-refractivity contribution in [2.75, 3.05) is 5.73 Å². The van der Waals surface area contributed by atoms with Gasteiger partial charge >= 0.3 is 0 Å². The lowest BCUT2D eigenvalue weighted by molar-refractivity contribution is 0.483. The van der Waals surface area contributed by atoms with Crippen LogP contribution in [0.15, 0.2) is 24.3 Å². The third kappa shape index (κ3) is 1.30. The minimum Gasteiger partial charge on any atom is -0.382 e. The van der Waals surface area contributed by atoms with Crippen molar-refractivity contribution < 1.29 is 0 Å². The summed E-state index contributed by atoms with van der Waals surface area (Å²) in [5.74, 6) is 0.664. The van der Waals surface area contributed by atoms with Crippen molar-refractivity contribution >= 4 is 16.7 Å². The van der Waals surface area contributed by atoms with E-state index in [9.17, 15) is 0 Å². The molecule has 1 heterocycles. The lowest BCUT2D eigenvalue weighted by Crippen LogP contribution is -2.06. The van der Waals surface area contributed by atoms with Gasteiger partial charge in [0, 0.05) is 5.39 Å². The molecule has 0 spiro atoms. The third-order valence-corrected chi connectivity index (χ3v) is 3.31. The molecule has 3 heteroatoms. The fourth-order valence-corrected chi connectivity index (χ4v) is 2.54. The van der Waals surface area contributed by atoms with E-state index in [1.54, 1.807) is 0 Å². The Hall–Kier alpha value is -1.51. The minimum atomic E-state index is 0.562. The molecule has 0 bridgehead atoms. The molecule has 3 nitrogen and oxygen atoms in total. The van der Waals surface area contributed by atoms with Crippen LogP contribution in [0.2, 0.25) is 0 Å². The molecule has 1 aliphatic carbocycles. The fourth-order valence-electron chi connectivity index (χ4n) is 2.54. The van der Waals surface area contributed by atoms with E-state index >= 15 is 0 Å². The van der Waals surface area contributed by atoms with Gasteiger partial charge in [0.05, 0.1) is 11.6 Å². The molecule has 0 atom stereocenters. The summed E-state index contributed by atoms with van der Waals surface area (Å²) in [7, 11) is 0. The zero-order valence-electron chi connectivity index (χ0n) is 8.69. The van der Waals surface area contributed by atoms with Crippen LogP contribution in [0, 0.1) is 0 Å². The van der Waals surface area contributed by atoms with Crippen molar-refractivity contribution in [3.63, 3.8) is 0 Å². The Labute approximate surface area is 88.9 Å². The van der Waals surface area contributed by atoms with Crippen molar-refractivity contribution in [1.82, 2.24) is 9.78 Å². The van der Waals surface area contributed by atoms with E-state index < -0.39 is 0 Å². The topological polar surface area (TPSA) is 43.8 Å². The van der Waals surface area contributed by atoms with Crippen LogP contribution in [0.4, 0.5) is 5.82 Å². The summed E-state index contributed by atoms with van der Waals surface area (Å²) in [4.78, 5) is 0. The Morgan fingerprint density at radius 3 is 2.73 bits per heavy atom. The smallest absolute Gasteiger partial charge is 0.153 e. The van der Waals surface area contributed by atoms with Gasteiger partial charge in [0.25, 0.3) is 0 Å². The first-order chi connectivity index (χ1) is 7.36. The summed E-state index contributed by atoms with van der Waals surface area (Å²) in [5.41, 5.74) is 7.10. The van der Waals surface area contributed by atoms with Gasteiger partial charge in [0.2, 0.25) is 0 Å². The number of fused-ring (bicyclic) bond motifs is 1. The molecule has 2 aromatic rings. The Balaban J connectivity index is 2.17. The molecule has 1 saturated carbocycles. The number of nitrogens with two attached hydrogens (primary N) is 1. The molecule has 0 radical (unpaired) electrons. The lowest BCUT2D eigenvalue weighted by atomic mass is 10.2. The first kappa shape index (κ1) is 8.77. The quantitative estimate of drug-likeness (QED) is 0.771. The zero-order chi connectivity index (χ0) is 10.3. The number of rotatable bonds is 1. The Bertz CT molecular complexity index is 481. The second kappa shape index (κ2) is 3.26. The summed E-state index contributed by atoms with van der Waals surface area (Å²) in [5, 5.41) is 5.55. The van der Waals surface area contributed by atoms with Gasteiger partial charge in [-0.3, -0.25) is 4.68 Å². The third-order valence-electron chi connectivity index (χ3n) is 3.31. The molecule has 0 saturated heterocycles. The van der Waals surface area contributed by atoms with Crippen LogP contribution >= 0.6 is 0 Å². The number of anilines is 1. The molecule has 1 aliphatic rings. The number of benzene rings is 1. The van der Waals surface area contributed by atoms with E-state index in [2.05, 4.69) is 21.9 Å². The molecule has 1 aromatic heterocycles. The van der Waals surface area contributed by atoms with Crippen LogP contribution in [0.3, 0.4) is 0 Å². The SMILES string of the molecule is Nc1nn(C2CCCC2)c2ccccc12. The predicted octanol–water partition coefficient (Wildman–Crippen LogP) is 2.73. The molecule has 1 aromatic carbocycles. The molecule has 78 valence electrons. The summed E-state index contributed by atoms with van der Waals surface area (Å²) in [6, 6.07) is 8.78. The average Bonchev–Trinajstić information content (AvgIpc) is 2.87. The maximum Gasteiger partial charge on any atom is 0.153 e. The van der Waals surface area contributed by atoms with Crippen molar-refractivity contribution in [2.45, 2.75) is 31.7 Å². The van der Waals surface area contributed by atoms with Gasteiger partial charge in [-0.15, -0.1) is 0 Å². The number of hydrogen-bond donors (Lipinski definition) is 1. The second-order valence-electron chi connectivity index (χ2n) is 4.29. The molecule has 0 amide bonds. The number of aromatic nitrogens is 2. The Morgan fingerprint density at radius 2 is 1.93 bits per heavy atom. The number of hydrogen-bond acceptors (Lipinski definition) is 2. The van der Waals surface area contributed by atoms with Crippen LogP contribution in [-0.4, -0.2) is 9.78 Å². The largest absolute Gasteiger partial charge is 0.382 e. The molecule has 1 fully saturated rings. The molecule has 15 heavy (non-hydrogen) atoms. The molecular weight excluding hydrogens is 186 g/mol. The number of nitrogens with zero attached hydrogens (tertiary/aromatic N) is 2. The second-order valence-corrected chi connectivity index (χ2v) is 4.29. The Kier molecular flexibility index (Phi) is 1.91. The van der Waals surface area contributed by atoms with Gasteiger partial charge in [-0.25, -0.2) is 0 Å². The standard InChI is InChI=1S/C12H15N3/c13-12-10-7-3-4-8-11(10)15(14-12)9-5-1-2-6-9/h3-4,7-9H,1-2,5-6H2,(H2,13,14). The van der Waals surface area contributed by atoms with Gasteiger partial charge < -0.3 is 5.73 Å². The van der Waals surface area contributed by atoms with E-state index in [1.165, 1.54) is 31.2 Å². The molecular formula is C12H15N3. The zero-order valence-corrected chi connectivity index (χ0v) is 8.69. The normalized spacial score (nSPS) is 17.6. The fraction of sp³-hybridized carbons (Fsp3) is 0.417. The summed E-state index contributed by atoms with van der Waals surface area (Å²) < 4.78 is 2.12. The summed E-state index contributed by atoms with van der Waals surface area (Å²) in [6.07, 6.45) is 5.12. The van der Waals surface area contributed by atoms with Gasteiger partial charge in [-0.1, -0.05) is 25.0 Å². The van der Waals surface area contributed by atoms with Crippen molar-refractivity contribution in [1.29, 1.82) is 0 Å². The first-order valence-corrected chi connectivity index (χ1v) is 5.59. The average molecular weight is 201 g/mol. The van der Waals surface area contributed by atoms with Crippen LogP contribution in [0.5, 0.6) is 0 Å². The highest BCUT2D eigenvalue weighted by molar-refractivity contribution is 5.89. The highest BCUT2D eigenvalue weighted by atomic mass is 15.3. The van der Waals surface area contributed by atoms with E-state index in [-0.39, 0.29) is 0 Å². The van der Waals surface area contributed by atoms with Crippen LogP contribution in [0.1, 0.15) is 31.7 Å². The molecule has 2 N–H and O–H groups in total. The number of nitrogen functional groups attached to an aromatic ring is 1. The van der Waals surface area contributed by atoms with Crippen LogP contribution in [0.25, 0.3) is 10.9 Å². The highest BCUT2D eigenvalue weighted by Crippen LogP contribution is 2.33. The van der Waals surface area contributed by atoms with E-state index in [0.29, 0.717) is 11.9 Å². The summed E-state index contributed by atoms with van der Waals surface area (Å²) >= 11 is 0. The van der Waals surface area contributed by atoms with Gasteiger partial charge in [-0.2, -0.15) is 5.10 Å². The van der Waals surface area contributed by atoms with Gasteiger partial charge in [0.1, 0.15) is 0 Å². The molecule has 0 unspecified atom stereocenters. The van der Waals surface area contributed by atoms with Crippen molar-refractivity contribution in [3.05, 3.63) is 24.3 Å². The van der Waals surface area contributed by atoms with E-state index in [1.807, 2.05) is 12.1 Å². The highest BCUT2D eigenvalue weighted by Gasteiger charge is 2.20. The van der Waals surface area contributed by atoms with Crippen LogP contribution in [-0.2, 0) is 0 Å². The maximum atomic E-state index is 5.91. The molecule has 3 rings (SSSR count). The van der Waals surface area contributed by atoms with Gasteiger partial charge in [-0.05, 0) is 25.0 Å².